The van der Waals surface area contributed by atoms with Crippen LogP contribution in [0.4, 0.5) is 5.69 Å². The van der Waals surface area contributed by atoms with Crippen LogP contribution in [0.3, 0.4) is 0 Å². The molecule has 4 nitrogen and oxygen atoms in total. The quantitative estimate of drug-likeness (QED) is 0.782. The molecule has 2 heterocycles. The van der Waals surface area contributed by atoms with Gasteiger partial charge in [-0.15, -0.1) is 0 Å². The third-order valence-corrected chi connectivity index (χ3v) is 3.95. The van der Waals surface area contributed by atoms with Crippen LogP contribution in [0, 0.1) is 6.92 Å². The molecule has 2 aromatic rings. The van der Waals surface area contributed by atoms with Crippen molar-refractivity contribution in [2.75, 3.05) is 25.9 Å². The Hall–Kier alpha value is -1.55. The second-order valence-electron chi connectivity index (χ2n) is 5.34. The van der Waals surface area contributed by atoms with Gasteiger partial charge in [-0.3, -0.25) is 4.68 Å². The number of anilines is 1. The molecule has 96 valence electrons. The Bertz CT molecular complexity index is 564. The first-order valence-electron chi connectivity index (χ1n) is 6.58. The molecule has 1 saturated heterocycles. The van der Waals surface area contributed by atoms with Crippen LogP contribution in [0.5, 0.6) is 0 Å². The second kappa shape index (κ2) is 4.28. The fraction of sp³-hybridized carbons (Fsp3) is 0.500. The maximum Gasteiger partial charge on any atom is 0.0690 e. The maximum absolute atomic E-state index is 5.85. The minimum atomic E-state index is 0.529. The lowest BCUT2D eigenvalue weighted by Gasteiger charge is -2.29. The molecule has 0 saturated carbocycles. The number of fused-ring (bicyclic) bond motifs is 1. The first kappa shape index (κ1) is 11.5. The summed E-state index contributed by atoms with van der Waals surface area (Å²) in [6.45, 7) is 4.37. The summed E-state index contributed by atoms with van der Waals surface area (Å²) < 4.78 is 2.21. The summed E-state index contributed by atoms with van der Waals surface area (Å²) in [6.07, 6.45) is 2.36. The summed E-state index contributed by atoms with van der Waals surface area (Å²) in [5.74, 6) is 0. The van der Waals surface area contributed by atoms with Gasteiger partial charge in [0.15, 0.2) is 0 Å². The minimum absolute atomic E-state index is 0.529. The second-order valence-corrected chi connectivity index (χ2v) is 5.34. The number of nitrogens with two attached hydrogens (primary N) is 1. The molecule has 1 aromatic heterocycles. The Morgan fingerprint density at radius 2 is 2.00 bits per heavy atom. The zero-order valence-electron chi connectivity index (χ0n) is 11.1. The summed E-state index contributed by atoms with van der Waals surface area (Å²) in [5.41, 5.74) is 8.97. The first-order valence-corrected chi connectivity index (χ1v) is 6.58. The summed E-state index contributed by atoms with van der Waals surface area (Å²) in [4.78, 5) is 2.38. The fourth-order valence-electron chi connectivity index (χ4n) is 2.83. The van der Waals surface area contributed by atoms with E-state index in [1.165, 1.54) is 23.7 Å². The van der Waals surface area contributed by atoms with E-state index in [0.29, 0.717) is 6.04 Å². The van der Waals surface area contributed by atoms with Gasteiger partial charge in [-0.1, -0.05) is 0 Å². The molecule has 3 rings (SSSR count). The molecule has 1 aliphatic rings. The summed E-state index contributed by atoms with van der Waals surface area (Å²) in [7, 11) is 2.18. The SMILES string of the molecule is Cc1nn(C2CCN(C)CC2)c2ccc(N)cc12. The van der Waals surface area contributed by atoms with Gasteiger partial charge in [0, 0.05) is 11.1 Å². The molecule has 1 aliphatic heterocycles. The van der Waals surface area contributed by atoms with E-state index < -0.39 is 0 Å². The van der Waals surface area contributed by atoms with Crippen LogP contribution < -0.4 is 5.73 Å². The largest absolute Gasteiger partial charge is 0.399 e. The van der Waals surface area contributed by atoms with Crippen LogP contribution >= 0.6 is 0 Å². The van der Waals surface area contributed by atoms with Crippen LogP contribution in [0.25, 0.3) is 10.9 Å². The molecule has 18 heavy (non-hydrogen) atoms. The van der Waals surface area contributed by atoms with Gasteiger partial charge in [0.1, 0.15) is 0 Å². The Kier molecular flexibility index (Phi) is 2.74. The molecule has 0 bridgehead atoms. The molecule has 2 N–H and O–H groups in total. The van der Waals surface area contributed by atoms with Gasteiger partial charge in [-0.05, 0) is 58.1 Å². The van der Waals surface area contributed by atoms with E-state index in [0.717, 1.165) is 24.5 Å². The van der Waals surface area contributed by atoms with Crippen molar-refractivity contribution in [1.82, 2.24) is 14.7 Å². The van der Waals surface area contributed by atoms with Gasteiger partial charge < -0.3 is 10.6 Å². The smallest absolute Gasteiger partial charge is 0.0690 e. The zero-order valence-corrected chi connectivity index (χ0v) is 11.1. The number of aryl methyl sites for hydroxylation is 1. The zero-order chi connectivity index (χ0) is 12.7. The van der Waals surface area contributed by atoms with Crippen molar-refractivity contribution < 1.29 is 0 Å². The molecule has 0 spiro atoms. The van der Waals surface area contributed by atoms with Crippen molar-refractivity contribution in [1.29, 1.82) is 0 Å². The molecule has 0 unspecified atom stereocenters. The number of aromatic nitrogens is 2. The molecule has 0 radical (unpaired) electrons. The van der Waals surface area contributed by atoms with E-state index in [1.807, 2.05) is 12.1 Å². The van der Waals surface area contributed by atoms with Gasteiger partial charge in [0.25, 0.3) is 0 Å². The molecule has 1 aromatic carbocycles. The molecular formula is C14H20N4. The van der Waals surface area contributed by atoms with Crippen molar-refractivity contribution in [2.24, 2.45) is 0 Å². The molecule has 1 fully saturated rings. The molecule has 4 heteroatoms. The lowest BCUT2D eigenvalue weighted by atomic mass is 10.1. The lowest BCUT2D eigenvalue weighted by molar-refractivity contribution is 0.215. The highest BCUT2D eigenvalue weighted by atomic mass is 15.3. The van der Waals surface area contributed by atoms with E-state index in [1.54, 1.807) is 0 Å². The van der Waals surface area contributed by atoms with Crippen LogP contribution in [-0.4, -0.2) is 34.8 Å². The van der Waals surface area contributed by atoms with Crippen molar-refractivity contribution in [2.45, 2.75) is 25.8 Å². The highest BCUT2D eigenvalue weighted by Gasteiger charge is 2.21. The summed E-state index contributed by atoms with van der Waals surface area (Å²) in [6, 6.07) is 6.63. The van der Waals surface area contributed by atoms with E-state index in [9.17, 15) is 0 Å². The third-order valence-electron chi connectivity index (χ3n) is 3.95. The van der Waals surface area contributed by atoms with Crippen molar-refractivity contribution in [3.05, 3.63) is 23.9 Å². The molecule has 0 amide bonds. The number of hydrogen-bond acceptors (Lipinski definition) is 3. The summed E-state index contributed by atoms with van der Waals surface area (Å²) >= 11 is 0. The van der Waals surface area contributed by atoms with Crippen LogP contribution in [0.2, 0.25) is 0 Å². The Labute approximate surface area is 107 Å². The Morgan fingerprint density at radius 1 is 1.28 bits per heavy atom. The number of benzene rings is 1. The van der Waals surface area contributed by atoms with Crippen molar-refractivity contribution in [3.63, 3.8) is 0 Å². The van der Waals surface area contributed by atoms with Gasteiger partial charge in [0.05, 0.1) is 17.3 Å². The van der Waals surface area contributed by atoms with Crippen LogP contribution in [-0.2, 0) is 0 Å². The van der Waals surface area contributed by atoms with Crippen LogP contribution in [0.1, 0.15) is 24.6 Å². The number of hydrogen-bond donors (Lipinski definition) is 1. The van der Waals surface area contributed by atoms with E-state index >= 15 is 0 Å². The number of likely N-dealkylation sites (tertiary alicyclic amines) is 1. The predicted molar refractivity (Wildman–Crippen MR) is 74.7 cm³/mol. The van der Waals surface area contributed by atoms with E-state index in [4.69, 9.17) is 10.8 Å². The van der Waals surface area contributed by atoms with Crippen molar-refractivity contribution in [3.8, 4) is 0 Å². The minimum Gasteiger partial charge on any atom is -0.399 e. The molecule has 0 atom stereocenters. The Morgan fingerprint density at radius 3 is 2.72 bits per heavy atom. The lowest BCUT2D eigenvalue weighted by Crippen LogP contribution is -2.31. The van der Waals surface area contributed by atoms with Gasteiger partial charge in [-0.2, -0.15) is 5.10 Å². The highest BCUT2D eigenvalue weighted by Crippen LogP contribution is 2.28. The third kappa shape index (κ3) is 1.86. The van der Waals surface area contributed by atoms with Gasteiger partial charge in [-0.25, -0.2) is 0 Å². The summed E-state index contributed by atoms with van der Waals surface area (Å²) in [5, 5.41) is 5.91. The molecular weight excluding hydrogens is 224 g/mol. The Balaban J connectivity index is 2.02. The predicted octanol–water partition coefficient (Wildman–Crippen LogP) is 2.19. The number of piperidine rings is 1. The highest BCUT2D eigenvalue weighted by molar-refractivity contribution is 5.85. The number of nitrogens with zero attached hydrogens (tertiary/aromatic N) is 3. The first-order chi connectivity index (χ1) is 8.65. The van der Waals surface area contributed by atoms with E-state index in [2.05, 4.69) is 29.6 Å². The fourth-order valence-corrected chi connectivity index (χ4v) is 2.83. The van der Waals surface area contributed by atoms with Gasteiger partial charge >= 0.3 is 0 Å². The average molecular weight is 244 g/mol. The topological polar surface area (TPSA) is 47.1 Å². The average Bonchev–Trinajstić information content (AvgIpc) is 2.68. The van der Waals surface area contributed by atoms with E-state index in [-0.39, 0.29) is 0 Å². The monoisotopic (exact) mass is 244 g/mol. The maximum atomic E-state index is 5.85. The van der Waals surface area contributed by atoms with Crippen molar-refractivity contribution >= 4 is 16.6 Å². The normalized spacial score (nSPS) is 18.6. The number of nitrogen functional groups attached to an aromatic ring is 1. The van der Waals surface area contributed by atoms with Crippen LogP contribution in [0.15, 0.2) is 18.2 Å². The number of rotatable bonds is 1. The standard InChI is InChI=1S/C14H20N4/c1-10-13-9-11(15)3-4-14(13)18(16-10)12-5-7-17(2)8-6-12/h3-4,9,12H,5-8,15H2,1-2H3. The molecule has 0 aliphatic carbocycles. The van der Waals surface area contributed by atoms with Gasteiger partial charge in [0.2, 0.25) is 0 Å².